The van der Waals surface area contributed by atoms with E-state index in [2.05, 4.69) is 10.0 Å². The third kappa shape index (κ3) is 7.01. The molecule has 0 aromatic heterocycles. The fraction of sp³-hybridized carbons (Fsp3) is 0.300. The van der Waals surface area contributed by atoms with Gasteiger partial charge in [-0.15, -0.1) is 0 Å². The van der Waals surface area contributed by atoms with Crippen LogP contribution in [-0.2, 0) is 19.6 Å². The summed E-state index contributed by atoms with van der Waals surface area (Å²) in [6.45, 7) is 0.820. The Morgan fingerprint density at radius 1 is 1.13 bits per heavy atom. The Morgan fingerprint density at radius 2 is 1.87 bits per heavy atom. The maximum absolute atomic E-state index is 12.7. The number of sulfonamides is 1. The van der Waals surface area contributed by atoms with E-state index in [0.717, 1.165) is 0 Å². The van der Waals surface area contributed by atoms with Gasteiger partial charge < -0.3 is 15.0 Å². The molecule has 10 heteroatoms. The van der Waals surface area contributed by atoms with Gasteiger partial charge in [0, 0.05) is 37.9 Å². The molecule has 8 nitrogen and oxygen atoms in total. The van der Waals surface area contributed by atoms with Crippen molar-refractivity contribution in [3.8, 4) is 0 Å². The Bertz CT molecular complexity index is 997. The van der Waals surface area contributed by atoms with Gasteiger partial charge in [0.1, 0.15) is 0 Å². The largest absolute Gasteiger partial charge is 0.385 e. The summed E-state index contributed by atoms with van der Waals surface area (Å²) in [6.07, 6.45) is 0.666. The highest BCUT2D eigenvalue weighted by atomic mass is 35.5. The monoisotopic (exact) mass is 453 g/mol. The summed E-state index contributed by atoms with van der Waals surface area (Å²) in [5.41, 5.74) is 0.458. The van der Waals surface area contributed by atoms with Gasteiger partial charge in [0.25, 0.3) is 15.9 Å². The normalized spacial score (nSPS) is 11.0. The lowest BCUT2D eigenvalue weighted by Gasteiger charge is -2.17. The van der Waals surface area contributed by atoms with E-state index in [1.807, 2.05) is 0 Å². The molecule has 30 heavy (non-hydrogen) atoms. The Labute approximate surface area is 181 Å². The van der Waals surface area contributed by atoms with Gasteiger partial charge in [-0.25, -0.2) is 8.42 Å². The van der Waals surface area contributed by atoms with Crippen LogP contribution in [0.2, 0.25) is 5.02 Å². The van der Waals surface area contributed by atoms with Crippen molar-refractivity contribution in [3.63, 3.8) is 0 Å². The van der Waals surface area contributed by atoms with E-state index in [1.165, 1.54) is 42.3 Å². The van der Waals surface area contributed by atoms with Gasteiger partial charge in [0.2, 0.25) is 5.91 Å². The Kier molecular flexibility index (Phi) is 8.64. The summed E-state index contributed by atoms with van der Waals surface area (Å²) in [4.78, 5) is 25.7. The number of likely N-dealkylation sites (N-methyl/N-ethyl adjacent to an activating group) is 1. The molecule has 0 saturated carbocycles. The third-order valence-electron chi connectivity index (χ3n) is 4.04. The molecule has 0 aliphatic heterocycles. The zero-order valence-electron chi connectivity index (χ0n) is 16.7. The van der Waals surface area contributed by atoms with Crippen LogP contribution < -0.4 is 10.0 Å². The Balaban J connectivity index is 2.06. The number of methoxy groups -OCH3 is 1. The minimum atomic E-state index is -3.92. The van der Waals surface area contributed by atoms with Gasteiger partial charge >= 0.3 is 0 Å². The molecule has 0 saturated heterocycles. The molecule has 0 spiro atoms. The number of rotatable bonds is 10. The number of ether oxygens (including phenoxy) is 1. The molecular weight excluding hydrogens is 430 g/mol. The lowest BCUT2D eigenvalue weighted by Crippen LogP contribution is -2.38. The highest BCUT2D eigenvalue weighted by molar-refractivity contribution is 7.92. The highest BCUT2D eigenvalue weighted by Crippen LogP contribution is 2.20. The van der Waals surface area contributed by atoms with Crippen LogP contribution >= 0.6 is 11.6 Å². The minimum Gasteiger partial charge on any atom is -0.385 e. The van der Waals surface area contributed by atoms with Gasteiger partial charge in [0.05, 0.1) is 17.1 Å². The molecule has 0 fully saturated rings. The summed E-state index contributed by atoms with van der Waals surface area (Å²) < 4.78 is 32.6. The molecular formula is C20H24ClN3O5S. The first-order valence-corrected chi connectivity index (χ1v) is 11.0. The molecule has 0 radical (unpaired) electrons. The van der Waals surface area contributed by atoms with Crippen LogP contribution in [0.4, 0.5) is 5.69 Å². The first-order chi connectivity index (χ1) is 14.2. The zero-order valence-corrected chi connectivity index (χ0v) is 18.3. The smallest absolute Gasteiger partial charge is 0.261 e. The number of nitrogens with one attached hydrogen (secondary N) is 2. The van der Waals surface area contributed by atoms with Gasteiger partial charge in [-0.3, -0.25) is 14.3 Å². The predicted molar refractivity (Wildman–Crippen MR) is 115 cm³/mol. The van der Waals surface area contributed by atoms with Gasteiger partial charge in [0.15, 0.2) is 0 Å². The maximum Gasteiger partial charge on any atom is 0.261 e. The SMILES string of the molecule is COCCCNC(=O)CN(C)C(=O)c1cccc(S(=O)(=O)Nc2cccc(Cl)c2)c1. The maximum atomic E-state index is 12.7. The van der Waals surface area contributed by atoms with E-state index < -0.39 is 15.9 Å². The average Bonchev–Trinajstić information content (AvgIpc) is 2.70. The fourth-order valence-electron chi connectivity index (χ4n) is 2.57. The van der Waals surface area contributed by atoms with Gasteiger partial charge in [-0.05, 0) is 42.8 Å². The van der Waals surface area contributed by atoms with Crippen molar-refractivity contribution in [2.24, 2.45) is 0 Å². The lowest BCUT2D eigenvalue weighted by atomic mass is 10.2. The third-order valence-corrected chi connectivity index (χ3v) is 5.66. The molecule has 0 aliphatic carbocycles. The second kappa shape index (κ2) is 11.0. The molecule has 0 bridgehead atoms. The predicted octanol–water partition coefficient (Wildman–Crippen LogP) is 2.37. The van der Waals surface area contributed by atoms with Crippen LogP contribution in [0.15, 0.2) is 53.4 Å². The molecule has 0 unspecified atom stereocenters. The van der Waals surface area contributed by atoms with E-state index in [1.54, 1.807) is 25.3 Å². The van der Waals surface area contributed by atoms with Crippen LogP contribution in [0.3, 0.4) is 0 Å². The number of anilines is 1. The summed E-state index contributed by atoms with van der Waals surface area (Å²) in [5, 5.41) is 3.08. The topological polar surface area (TPSA) is 105 Å². The number of hydrogen-bond acceptors (Lipinski definition) is 5. The van der Waals surface area contributed by atoms with Crippen molar-refractivity contribution < 1.29 is 22.7 Å². The van der Waals surface area contributed by atoms with Crippen LogP contribution in [-0.4, -0.2) is 59.0 Å². The van der Waals surface area contributed by atoms with E-state index in [0.29, 0.717) is 30.3 Å². The molecule has 2 aromatic carbocycles. The van der Waals surface area contributed by atoms with Crippen molar-refractivity contribution in [1.82, 2.24) is 10.2 Å². The van der Waals surface area contributed by atoms with E-state index in [-0.39, 0.29) is 22.9 Å². The Hall–Kier alpha value is -2.62. The molecule has 0 aliphatic rings. The number of amides is 2. The number of benzene rings is 2. The standard InChI is InChI=1S/C20H24ClN3O5S/c1-24(14-19(25)22-10-5-11-29-2)20(26)15-6-3-9-18(12-15)30(27,28)23-17-8-4-7-16(21)13-17/h3-4,6-9,12-13,23H,5,10-11,14H2,1-2H3,(H,22,25). The summed E-state index contributed by atoms with van der Waals surface area (Å²) in [5.74, 6) is -0.782. The van der Waals surface area contributed by atoms with Crippen molar-refractivity contribution in [2.45, 2.75) is 11.3 Å². The molecule has 0 heterocycles. The van der Waals surface area contributed by atoms with E-state index >= 15 is 0 Å². The highest BCUT2D eigenvalue weighted by Gasteiger charge is 2.19. The molecule has 2 N–H and O–H groups in total. The summed E-state index contributed by atoms with van der Waals surface area (Å²) in [6, 6.07) is 11.9. The number of halogens is 1. The first-order valence-electron chi connectivity index (χ1n) is 9.12. The Morgan fingerprint density at radius 3 is 2.57 bits per heavy atom. The van der Waals surface area contributed by atoms with Crippen molar-refractivity contribution >= 4 is 39.1 Å². The van der Waals surface area contributed by atoms with Gasteiger partial charge in [-0.1, -0.05) is 23.7 Å². The van der Waals surface area contributed by atoms with Crippen LogP contribution in [0.25, 0.3) is 0 Å². The van der Waals surface area contributed by atoms with Crippen LogP contribution in [0, 0.1) is 0 Å². The first kappa shape index (κ1) is 23.7. The second-order valence-electron chi connectivity index (χ2n) is 6.50. The average molecular weight is 454 g/mol. The zero-order chi connectivity index (χ0) is 22.1. The van der Waals surface area contributed by atoms with Crippen LogP contribution in [0.5, 0.6) is 0 Å². The quantitative estimate of drug-likeness (QED) is 0.537. The minimum absolute atomic E-state index is 0.0780. The number of hydrogen-bond donors (Lipinski definition) is 2. The number of nitrogens with zero attached hydrogens (tertiary/aromatic N) is 1. The molecule has 2 aromatic rings. The lowest BCUT2D eigenvalue weighted by molar-refractivity contribution is -0.121. The molecule has 0 atom stereocenters. The number of carbonyl (C=O) groups excluding carboxylic acids is 2. The van der Waals surface area contributed by atoms with E-state index in [9.17, 15) is 18.0 Å². The molecule has 2 rings (SSSR count). The molecule has 162 valence electrons. The molecule has 2 amide bonds. The summed E-state index contributed by atoms with van der Waals surface area (Å²) >= 11 is 5.89. The summed E-state index contributed by atoms with van der Waals surface area (Å²) in [7, 11) is -0.872. The number of carbonyl (C=O) groups is 2. The fourth-order valence-corrected chi connectivity index (χ4v) is 3.86. The van der Waals surface area contributed by atoms with Gasteiger partial charge in [-0.2, -0.15) is 0 Å². The van der Waals surface area contributed by atoms with E-state index in [4.69, 9.17) is 16.3 Å². The van der Waals surface area contributed by atoms with Crippen LogP contribution in [0.1, 0.15) is 16.8 Å². The van der Waals surface area contributed by atoms with Crippen molar-refractivity contribution in [1.29, 1.82) is 0 Å². The van der Waals surface area contributed by atoms with Crippen molar-refractivity contribution in [2.75, 3.05) is 38.6 Å². The van der Waals surface area contributed by atoms with Crippen molar-refractivity contribution in [3.05, 3.63) is 59.1 Å². The second-order valence-corrected chi connectivity index (χ2v) is 8.62.